The van der Waals surface area contributed by atoms with E-state index in [9.17, 15) is 39.3 Å². The van der Waals surface area contributed by atoms with Gasteiger partial charge in [-0.15, -0.1) is 0 Å². The molecule has 1 spiro atoms. The van der Waals surface area contributed by atoms with Crippen molar-refractivity contribution in [2.75, 3.05) is 7.11 Å². The van der Waals surface area contributed by atoms with Crippen molar-refractivity contribution in [1.82, 2.24) is 4.98 Å². The van der Waals surface area contributed by atoms with Gasteiger partial charge < -0.3 is 25.0 Å². The Bertz CT molecular complexity index is 2360. The number of benzene rings is 1. The number of rotatable bonds is 3. The molecule has 0 fully saturated rings. The molecule has 4 N–H and O–H groups in total. The summed E-state index contributed by atoms with van der Waals surface area (Å²) in [6.45, 7) is 1.84. The smallest absolute Gasteiger partial charge is 0.510 e. The molecule has 6 rings (SSSR count). The van der Waals surface area contributed by atoms with Gasteiger partial charge in [-0.25, -0.2) is 0 Å². The maximum absolute atomic E-state index is 13.6. The van der Waals surface area contributed by atoms with Crippen LogP contribution < -0.4 is 93.8 Å². The van der Waals surface area contributed by atoms with Crippen LogP contribution >= 0.6 is 0 Å². The first-order chi connectivity index (χ1) is 19.1. The fraction of sp³-hybridized carbons (Fsp3) is 0.167. The summed E-state index contributed by atoms with van der Waals surface area (Å²) in [6.07, 6.45) is 7.15. The second-order valence-electron chi connectivity index (χ2n) is 9.83. The van der Waals surface area contributed by atoms with Crippen molar-refractivity contribution in [3.8, 4) is 11.5 Å². The number of aromatic amines is 1. The second-order valence-corrected chi connectivity index (χ2v) is 9.83. The number of fused-ring (bicyclic) bond motifs is 4. The number of nitrogens with one attached hydrogen (secondary N) is 1. The number of aromatic nitrogens is 1. The number of H-pyrrole nitrogens is 1. The molecule has 11 heteroatoms. The van der Waals surface area contributed by atoms with Gasteiger partial charge in [-0.2, -0.15) is 0 Å². The van der Waals surface area contributed by atoms with Crippen LogP contribution in [-0.4, -0.2) is 27.4 Å². The van der Waals surface area contributed by atoms with Crippen LogP contribution in [-0.2, 0) is 11.8 Å². The summed E-state index contributed by atoms with van der Waals surface area (Å²) in [4.78, 5) is 68.4. The number of pyridine rings is 1. The zero-order valence-corrected chi connectivity index (χ0v) is 25.4. The molecule has 1 aromatic heterocycles. The standard InChI is InChI=1S/C30H21NO9.K/c1-3-4-5-6-14-10-13-9-12-7-8-30(22(12)26(36)17(13)29(39)31-14)27(37)20-21(28(30)38)25(35)19-18(24(20)34)15(32)11-16(40-2)23(19)33;/h3-6,9-11,36-38H,7-8H2,1-2H3,(H,31,39);/q;+1/b4-3+,6-5+;. The molecule has 0 radical (unpaired) electrons. The maximum Gasteiger partial charge on any atom is 1.00 e. The molecule has 10 nitrogen and oxygen atoms in total. The SMILES string of the molecule is C/C=C/C=C/c1cc2cc3c(c(O)c2c(=O)[nH]1)C1(CC3)C(O)=c2c(=O)c3c(=O)cc(OC)c(=O)c=3c(=O)c2=C1O.[K+]. The zero-order valence-electron chi connectivity index (χ0n) is 22.2. The molecule has 0 saturated heterocycles. The Hall–Kier alpha value is -3.61. The van der Waals surface area contributed by atoms with Crippen molar-refractivity contribution in [3.63, 3.8) is 0 Å². The Morgan fingerprint density at radius 3 is 2.17 bits per heavy atom. The van der Waals surface area contributed by atoms with Gasteiger partial charge in [-0.1, -0.05) is 24.3 Å². The van der Waals surface area contributed by atoms with E-state index in [2.05, 4.69) is 4.98 Å². The predicted octanol–water partition coefficient (Wildman–Crippen LogP) is -2.89. The monoisotopic (exact) mass is 578 g/mol. The number of aliphatic hydroxyl groups is 2. The van der Waals surface area contributed by atoms with Gasteiger partial charge in [-0.05, 0) is 42.9 Å². The van der Waals surface area contributed by atoms with E-state index >= 15 is 0 Å². The number of hydrogen-bond acceptors (Lipinski definition) is 9. The van der Waals surface area contributed by atoms with Crippen LogP contribution in [0.1, 0.15) is 30.2 Å². The summed E-state index contributed by atoms with van der Waals surface area (Å²) in [5.74, 6) is -2.44. The summed E-state index contributed by atoms with van der Waals surface area (Å²) < 4.78 is 4.89. The molecule has 41 heavy (non-hydrogen) atoms. The third kappa shape index (κ3) is 3.73. The van der Waals surface area contributed by atoms with E-state index in [4.69, 9.17) is 4.74 Å². The van der Waals surface area contributed by atoms with Crippen molar-refractivity contribution < 1.29 is 71.4 Å². The summed E-state index contributed by atoms with van der Waals surface area (Å²) in [6, 6.07) is 4.10. The number of allylic oxidation sites excluding steroid dienone is 3. The van der Waals surface area contributed by atoms with Gasteiger partial charge in [0.1, 0.15) is 22.7 Å². The summed E-state index contributed by atoms with van der Waals surface area (Å²) in [5, 5.41) is 32.0. The van der Waals surface area contributed by atoms with Gasteiger partial charge in [-0.3, -0.25) is 24.0 Å². The minimum absolute atomic E-state index is 0. The van der Waals surface area contributed by atoms with Crippen molar-refractivity contribution in [1.29, 1.82) is 0 Å². The molecule has 0 bridgehead atoms. The van der Waals surface area contributed by atoms with Crippen LogP contribution in [0.4, 0.5) is 0 Å². The van der Waals surface area contributed by atoms with E-state index < -0.39 is 76.6 Å². The van der Waals surface area contributed by atoms with Crippen LogP contribution in [0, 0.1) is 10.4 Å². The Labute approximate surface area is 271 Å². The Morgan fingerprint density at radius 1 is 0.878 bits per heavy atom. The van der Waals surface area contributed by atoms with Crippen LogP contribution in [0.25, 0.3) is 28.4 Å². The van der Waals surface area contributed by atoms with Crippen LogP contribution in [0.15, 0.2) is 60.4 Å². The number of ether oxygens (including phenoxy) is 1. The molecule has 1 unspecified atom stereocenters. The fourth-order valence-electron chi connectivity index (χ4n) is 6.13. The van der Waals surface area contributed by atoms with Crippen LogP contribution in [0.2, 0.25) is 0 Å². The van der Waals surface area contributed by atoms with Gasteiger partial charge in [0.05, 0.1) is 33.4 Å². The van der Waals surface area contributed by atoms with E-state index in [0.717, 1.165) is 13.2 Å². The van der Waals surface area contributed by atoms with Crippen molar-refractivity contribution >= 4 is 28.4 Å². The van der Waals surface area contributed by atoms with Crippen molar-refractivity contribution in [2.45, 2.75) is 25.2 Å². The first-order valence-corrected chi connectivity index (χ1v) is 12.4. The van der Waals surface area contributed by atoms with Crippen molar-refractivity contribution in [3.05, 3.63) is 125 Å². The number of methoxy groups -OCH3 is 1. The van der Waals surface area contributed by atoms with Gasteiger partial charge >= 0.3 is 51.4 Å². The molecule has 1 atom stereocenters. The minimum atomic E-state index is -1.93. The quantitative estimate of drug-likeness (QED) is 0.147. The molecule has 2 aromatic rings. The summed E-state index contributed by atoms with van der Waals surface area (Å²) >= 11 is 0. The van der Waals surface area contributed by atoms with E-state index in [1.807, 2.05) is 13.0 Å². The van der Waals surface area contributed by atoms with Gasteiger partial charge in [0.25, 0.3) is 5.56 Å². The topological polar surface area (TPSA) is 171 Å². The largest absolute Gasteiger partial charge is 1.00 e. The average Bonchev–Trinajstić information content (AvgIpc) is 3.40. The molecule has 0 saturated carbocycles. The first-order valence-electron chi connectivity index (χ1n) is 12.4. The van der Waals surface area contributed by atoms with E-state index in [-0.39, 0.29) is 75.2 Å². The summed E-state index contributed by atoms with van der Waals surface area (Å²) in [7, 11) is 1.13. The number of hydrogen-bond donors (Lipinski definition) is 4. The third-order valence-electron chi connectivity index (χ3n) is 7.85. The number of phenols is 1. The van der Waals surface area contributed by atoms with Gasteiger partial charge in [0.2, 0.25) is 16.3 Å². The molecular formula is C30H21KNO9+. The predicted molar refractivity (Wildman–Crippen MR) is 147 cm³/mol. The molecular weight excluding hydrogens is 557 g/mol. The second kappa shape index (κ2) is 10.0. The van der Waals surface area contributed by atoms with Gasteiger partial charge in [0, 0.05) is 17.3 Å². The fourth-order valence-corrected chi connectivity index (χ4v) is 6.13. The van der Waals surface area contributed by atoms with Crippen molar-refractivity contribution in [2.24, 2.45) is 0 Å². The average molecular weight is 579 g/mol. The van der Waals surface area contributed by atoms with Crippen LogP contribution in [0.5, 0.6) is 11.5 Å². The number of aryl methyl sites for hydroxylation is 1. The Balaban J connectivity index is 0.00000337. The molecule has 200 valence electrons. The first kappa shape index (κ1) is 28.9. The van der Waals surface area contributed by atoms with E-state index in [0.29, 0.717) is 16.6 Å². The molecule has 0 aliphatic heterocycles. The molecule has 1 heterocycles. The van der Waals surface area contributed by atoms with Gasteiger partial charge in [0.15, 0.2) is 11.2 Å². The van der Waals surface area contributed by atoms with E-state index in [1.54, 1.807) is 30.4 Å². The minimum Gasteiger partial charge on any atom is -0.510 e. The summed E-state index contributed by atoms with van der Waals surface area (Å²) in [5.41, 5.74) is -5.79. The number of aliphatic hydroxyl groups excluding tert-OH is 2. The third-order valence-corrected chi connectivity index (χ3v) is 7.85. The molecule has 0 amide bonds. The molecule has 1 aromatic carbocycles. The van der Waals surface area contributed by atoms with E-state index in [1.165, 1.54) is 0 Å². The van der Waals surface area contributed by atoms with Crippen LogP contribution in [0.3, 0.4) is 0 Å². The number of aromatic hydroxyl groups is 1. The normalized spacial score (nSPS) is 17.7. The maximum atomic E-state index is 13.6. The molecule has 4 aliphatic carbocycles. The zero-order chi connectivity index (χ0) is 28.7. The Morgan fingerprint density at radius 2 is 1.54 bits per heavy atom. The molecule has 4 aliphatic rings. The number of phenolic OH excluding ortho intramolecular Hbond substituents is 1. The Kier molecular flexibility index (Phi) is 7.07.